The number of hydrogen-bond acceptors (Lipinski definition) is 3. The fourth-order valence-electron chi connectivity index (χ4n) is 1.65. The number of hydrogen-bond donors (Lipinski definition) is 2. The normalized spacial score (nSPS) is 15.9. The van der Waals surface area contributed by atoms with E-state index in [-0.39, 0.29) is 5.75 Å². The van der Waals surface area contributed by atoms with Gasteiger partial charge in [-0.3, -0.25) is 4.79 Å². The van der Waals surface area contributed by atoms with Crippen LogP contribution in [0.25, 0.3) is 0 Å². The van der Waals surface area contributed by atoms with Crippen molar-refractivity contribution in [1.82, 2.24) is 0 Å². The Morgan fingerprint density at radius 3 is 2.16 bits per heavy atom. The van der Waals surface area contributed by atoms with Crippen LogP contribution in [0.1, 0.15) is 25.5 Å². The predicted octanol–water partition coefficient (Wildman–Crippen LogP) is 2.68. The minimum absolute atomic E-state index is 0.00936. The van der Waals surface area contributed by atoms with Crippen molar-refractivity contribution < 1.29 is 28.5 Å². The molecule has 0 bridgehead atoms. The number of carboxylic acid groups (broad SMARTS) is 1. The lowest BCUT2D eigenvalue weighted by Gasteiger charge is -2.22. The lowest BCUT2D eigenvalue weighted by atomic mass is 9.87. The summed E-state index contributed by atoms with van der Waals surface area (Å²) >= 11 is 0. The molecular weight excluding hydrogens is 258 g/mol. The molecule has 0 spiro atoms. The van der Waals surface area contributed by atoms with E-state index in [4.69, 9.17) is 5.11 Å². The molecule has 0 heterocycles. The molecule has 0 fully saturated rings. The van der Waals surface area contributed by atoms with Crippen molar-refractivity contribution in [2.75, 3.05) is 0 Å². The van der Waals surface area contributed by atoms with E-state index in [1.54, 1.807) is 6.92 Å². The van der Waals surface area contributed by atoms with Gasteiger partial charge in [0.2, 0.25) is 0 Å². The first kappa shape index (κ1) is 15.4. The number of halogens is 2. The molecule has 3 unspecified atom stereocenters. The molecule has 6 heteroatoms. The van der Waals surface area contributed by atoms with Gasteiger partial charge in [-0.05, 0) is 23.6 Å². The highest BCUT2D eigenvalue weighted by Gasteiger charge is 2.27. The average molecular weight is 274 g/mol. The molecule has 3 atom stereocenters. The summed E-state index contributed by atoms with van der Waals surface area (Å²) in [7, 11) is 0. The lowest BCUT2D eigenvalue weighted by molar-refractivity contribution is -0.144. The van der Waals surface area contributed by atoms with E-state index in [1.807, 2.05) is 0 Å². The molecule has 0 aromatic heterocycles. The second-order valence-electron chi connectivity index (χ2n) is 4.38. The highest BCUT2D eigenvalue weighted by molar-refractivity contribution is 5.69. The van der Waals surface area contributed by atoms with Crippen LogP contribution in [0.2, 0.25) is 0 Å². The van der Waals surface area contributed by atoms with Crippen molar-refractivity contribution in [3.8, 4) is 5.75 Å². The SMILES string of the molecule is CC(C(=O)O)C(C)C(O)c1ccc(OC(F)F)cc1. The topological polar surface area (TPSA) is 66.8 Å². The number of alkyl halides is 2. The van der Waals surface area contributed by atoms with Gasteiger partial charge in [0.25, 0.3) is 0 Å². The smallest absolute Gasteiger partial charge is 0.387 e. The van der Waals surface area contributed by atoms with E-state index < -0.39 is 30.5 Å². The third-order valence-corrected chi connectivity index (χ3v) is 3.12. The van der Waals surface area contributed by atoms with E-state index in [9.17, 15) is 18.7 Å². The van der Waals surface area contributed by atoms with Gasteiger partial charge >= 0.3 is 12.6 Å². The Balaban J connectivity index is 2.77. The first-order valence-electron chi connectivity index (χ1n) is 5.78. The van der Waals surface area contributed by atoms with E-state index in [0.29, 0.717) is 5.56 Å². The number of aliphatic hydroxyl groups is 1. The minimum atomic E-state index is -2.90. The molecule has 0 amide bonds. The Hall–Kier alpha value is -1.69. The molecule has 0 saturated heterocycles. The standard InChI is InChI=1S/C13H16F2O4/c1-7(8(2)12(17)18)11(16)9-3-5-10(6-4-9)19-13(14)15/h3-8,11,13,16H,1-2H3,(H,17,18). The highest BCUT2D eigenvalue weighted by Crippen LogP contribution is 2.29. The number of carboxylic acids is 1. The summed E-state index contributed by atoms with van der Waals surface area (Å²) in [6, 6.07) is 5.49. The Bertz CT molecular complexity index is 419. The molecule has 0 aliphatic rings. The summed E-state index contributed by atoms with van der Waals surface area (Å²) in [4.78, 5) is 10.8. The van der Waals surface area contributed by atoms with Crippen molar-refractivity contribution in [3.63, 3.8) is 0 Å². The quantitative estimate of drug-likeness (QED) is 0.837. The van der Waals surface area contributed by atoms with Crippen molar-refractivity contribution >= 4 is 5.97 Å². The monoisotopic (exact) mass is 274 g/mol. The summed E-state index contributed by atoms with van der Waals surface area (Å²) in [5.74, 6) is -2.22. The van der Waals surface area contributed by atoms with E-state index in [2.05, 4.69) is 4.74 Å². The van der Waals surface area contributed by atoms with Gasteiger partial charge in [0.1, 0.15) is 5.75 Å². The summed E-state index contributed by atoms with van der Waals surface area (Å²) in [5, 5.41) is 18.9. The third kappa shape index (κ3) is 4.17. The first-order valence-corrected chi connectivity index (χ1v) is 5.78. The molecule has 2 N–H and O–H groups in total. The fraction of sp³-hybridized carbons (Fsp3) is 0.462. The number of aliphatic hydroxyl groups excluding tert-OH is 1. The Morgan fingerprint density at radius 1 is 1.21 bits per heavy atom. The molecule has 1 aromatic rings. The maximum absolute atomic E-state index is 12.0. The van der Waals surface area contributed by atoms with Crippen LogP contribution in [-0.4, -0.2) is 22.8 Å². The van der Waals surface area contributed by atoms with Crippen LogP contribution >= 0.6 is 0 Å². The van der Waals surface area contributed by atoms with Gasteiger partial charge < -0.3 is 14.9 Å². The van der Waals surface area contributed by atoms with Crippen LogP contribution < -0.4 is 4.74 Å². The van der Waals surface area contributed by atoms with Gasteiger partial charge in [-0.1, -0.05) is 26.0 Å². The predicted molar refractivity (Wildman–Crippen MR) is 64.0 cm³/mol. The van der Waals surface area contributed by atoms with Gasteiger partial charge in [-0.2, -0.15) is 8.78 Å². The van der Waals surface area contributed by atoms with Gasteiger partial charge in [0.05, 0.1) is 12.0 Å². The van der Waals surface area contributed by atoms with Gasteiger partial charge in [-0.15, -0.1) is 0 Å². The lowest BCUT2D eigenvalue weighted by Crippen LogP contribution is -2.23. The van der Waals surface area contributed by atoms with Crippen molar-refractivity contribution in [3.05, 3.63) is 29.8 Å². The molecule has 106 valence electrons. The number of aliphatic carboxylic acids is 1. The zero-order valence-corrected chi connectivity index (χ0v) is 10.6. The fourth-order valence-corrected chi connectivity index (χ4v) is 1.65. The maximum atomic E-state index is 12.0. The number of rotatable bonds is 6. The number of ether oxygens (including phenoxy) is 1. The Kier molecular flexibility index (Phi) is 5.23. The molecule has 0 saturated carbocycles. The van der Waals surface area contributed by atoms with E-state index in [1.165, 1.54) is 31.2 Å². The van der Waals surface area contributed by atoms with Crippen molar-refractivity contribution in [2.24, 2.45) is 11.8 Å². The highest BCUT2D eigenvalue weighted by atomic mass is 19.3. The molecule has 1 aromatic carbocycles. The van der Waals surface area contributed by atoms with Crippen molar-refractivity contribution in [1.29, 1.82) is 0 Å². The van der Waals surface area contributed by atoms with Crippen LogP contribution in [0.4, 0.5) is 8.78 Å². The summed E-state index contributed by atoms with van der Waals surface area (Å²) in [6.07, 6.45) is -0.980. The Morgan fingerprint density at radius 2 is 1.74 bits per heavy atom. The number of benzene rings is 1. The molecule has 19 heavy (non-hydrogen) atoms. The van der Waals surface area contributed by atoms with Crippen LogP contribution in [0.3, 0.4) is 0 Å². The molecule has 0 aliphatic carbocycles. The molecule has 0 aliphatic heterocycles. The van der Waals surface area contributed by atoms with Crippen LogP contribution in [-0.2, 0) is 4.79 Å². The van der Waals surface area contributed by atoms with E-state index in [0.717, 1.165) is 0 Å². The van der Waals surface area contributed by atoms with Gasteiger partial charge in [0.15, 0.2) is 0 Å². The maximum Gasteiger partial charge on any atom is 0.387 e. The average Bonchev–Trinajstić information content (AvgIpc) is 2.36. The van der Waals surface area contributed by atoms with Gasteiger partial charge in [0, 0.05) is 0 Å². The van der Waals surface area contributed by atoms with Crippen molar-refractivity contribution in [2.45, 2.75) is 26.6 Å². The summed E-state index contributed by atoms with van der Waals surface area (Å²) in [6.45, 7) is 0.221. The summed E-state index contributed by atoms with van der Waals surface area (Å²) < 4.78 is 28.1. The third-order valence-electron chi connectivity index (χ3n) is 3.12. The second-order valence-corrected chi connectivity index (χ2v) is 4.38. The summed E-state index contributed by atoms with van der Waals surface area (Å²) in [5.41, 5.74) is 0.460. The number of carbonyl (C=O) groups is 1. The zero-order valence-electron chi connectivity index (χ0n) is 10.6. The van der Waals surface area contributed by atoms with Crippen LogP contribution in [0.5, 0.6) is 5.75 Å². The molecule has 0 radical (unpaired) electrons. The van der Waals surface area contributed by atoms with Crippen LogP contribution in [0.15, 0.2) is 24.3 Å². The largest absolute Gasteiger partial charge is 0.481 e. The van der Waals surface area contributed by atoms with Crippen LogP contribution in [0, 0.1) is 11.8 Å². The van der Waals surface area contributed by atoms with E-state index >= 15 is 0 Å². The first-order chi connectivity index (χ1) is 8.82. The second kappa shape index (κ2) is 6.47. The molecular formula is C13H16F2O4. The Labute approximate surface area is 109 Å². The minimum Gasteiger partial charge on any atom is -0.481 e. The zero-order chi connectivity index (χ0) is 14.6. The molecule has 4 nitrogen and oxygen atoms in total. The van der Waals surface area contributed by atoms with Gasteiger partial charge in [-0.25, -0.2) is 0 Å². The molecule has 1 rings (SSSR count).